The highest BCUT2D eigenvalue weighted by molar-refractivity contribution is 5.73. The number of carbonyl (C=O) groups is 2. The van der Waals surface area contributed by atoms with Crippen molar-refractivity contribution in [2.24, 2.45) is 5.28 Å². The zero-order valence-corrected chi connectivity index (χ0v) is 14.2. The second-order valence-electron chi connectivity index (χ2n) is 4.93. The number of hydrazine groups is 1. The van der Waals surface area contributed by atoms with E-state index >= 15 is 0 Å². The lowest BCUT2D eigenvalue weighted by atomic mass is 10.1. The molecule has 0 saturated carbocycles. The van der Waals surface area contributed by atoms with Crippen LogP contribution < -0.4 is 0 Å². The van der Waals surface area contributed by atoms with Crippen LogP contribution >= 0.6 is 0 Å². The molecule has 25 heavy (non-hydrogen) atoms. The van der Waals surface area contributed by atoms with Gasteiger partial charge in [0.2, 0.25) is 5.28 Å². The van der Waals surface area contributed by atoms with Crippen molar-refractivity contribution in [1.29, 1.82) is 0 Å². The standard InChI is InChI=1S/C15H21N3O7/c1-4-23-15(21)24-11(2)25-16-18(22)17(3)13(14(19)20)10-12-8-6-5-7-9-12/h5-9,11,13H,4,10H2,1-3H3,(H,19,20)/b18-16-/t11?,13-/m0/s1. The number of aliphatic carboxylic acids is 1. The summed E-state index contributed by atoms with van der Waals surface area (Å²) in [5.74, 6) is -1.20. The monoisotopic (exact) mass is 355 g/mol. The van der Waals surface area contributed by atoms with E-state index in [-0.39, 0.29) is 18.0 Å². The van der Waals surface area contributed by atoms with Crippen LogP contribution in [-0.2, 0) is 25.5 Å². The van der Waals surface area contributed by atoms with Gasteiger partial charge in [-0.2, -0.15) is 0 Å². The van der Waals surface area contributed by atoms with Gasteiger partial charge >= 0.3 is 12.1 Å². The highest BCUT2D eigenvalue weighted by atomic mass is 16.8. The normalized spacial score (nSPS) is 13.5. The first-order valence-corrected chi connectivity index (χ1v) is 7.52. The molecule has 0 spiro atoms. The summed E-state index contributed by atoms with van der Waals surface area (Å²) in [5.41, 5.74) is 0.745. The maximum absolute atomic E-state index is 11.9. The number of carboxylic acids is 1. The number of carbonyl (C=O) groups excluding carboxylic acids is 1. The summed E-state index contributed by atoms with van der Waals surface area (Å²) < 4.78 is 9.19. The molecule has 0 aliphatic heterocycles. The fourth-order valence-corrected chi connectivity index (χ4v) is 1.81. The molecule has 0 aliphatic rings. The Bertz CT molecular complexity index is 594. The van der Waals surface area contributed by atoms with Gasteiger partial charge in [0, 0.05) is 13.3 Å². The zero-order chi connectivity index (χ0) is 18.8. The van der Waals surface area contributed by atoms with Gasteiger partial charge in [0.1, 0.15) is 0 Å². The Balaban J connectivity index is 2.68. The van der Waals surface area contributed by atoms with E-state index in [0.717, 1.165) is 10.6 Å². The van der Waals surface area contributed by atoms with E-state index in [1.54, 1.807) is 37.3 Å². The summed E-state index contributed by atoms with van der Waals surface area (Å²) in [5, 5.41) is 25.3. The first-order chi connectivity index (χ1) is 11.8. The zero-order valence-electron chi connectivity index (χ0n) is 14.2. The molecule has 0 amide bonds. The van der Waals surface area contributed by atoms with Crippen molar-refractivity contribution in [3.63, 3.8) is 0 Å². The lowest BCUT2D eigenvalue weighted by Gasteiger charge is -2.20. The molecule has 0 bridgehead atoms. The summed E-state index contributed by atoms with van der Waals surface area (Å²) in [6, 6.07) is 7.69. The highest BCUT2D eigenvalue weighted by Gasteiger charge is 2.29. The molecule has 138 valence electrons. The third kappa shape index (κ3) is 6.94. The van der Waals surface area contributed by atoms with Crippen LogP contribution in [0.25, 0.3) is 0 Å². The van der Waals surface area contributed by atoms with Crippen molar-refractivity contribution in [3.8, 4) is 0 Å². The van der Waals surface area contributed by atoms with Gasteiger partial charge in [0.25, 0.3) is 6.29 Å². The minimum absolute atomic E-state index is 0.0211. The van der Waals surface area contributed by atoms with Crippen LogP contribution in [0.5, 0.6) is 0 Å². The van der Waals surface area contributed by atoms with Crippen LogP contribution in [0.4, 0.5) is 4.79 Å². The van der Waals surface area contributed by atoms with Gasteiger partial charge in [-0.15, -0.1) is 5.01 Å². The van der Waals surface area contributed by atoms with Gasteiger partial charge in [0.15, 0.2) is 6.04 Å². The van der Waals surface area contributed by atoms with E-state index in [1.807, 2.05) is 0 Å². The smallest absolute Gasteiger partial charge is 0.511 e. The largest absolute Gasteiger partial charge is 0.569 e. The number of carboxylic acid groups (broad SMARTS) is 1. The van der Waals surface area contributed by atoms with Gasteiger partial charge in [0.05, 0.1) is 18.6 Å². The Kier molecular flexibility index (Phi) is 7.97. The van der Waals surface area contributed by atoms with E-state index in [1.165, 1.54) is 14.0 Å². The number of nitrogens with zero attached hydrogens (tertiary/aromatic N) is 3. The quantitative estimate of drug-likeness (QED) is 0.234. The van der Waals surface area contributed by atoms with Crippen LogP contribution in [-0.4, -0.2) is 53.2 Å². The molecule has 0 aliphatic carbocycles. The molecule has 1 rings (SSSR count). The van der Waals surface area contributed by atoms with E-state index in [4.69, 9.17) is 4.84 Å². The molecule has 0 fully saturated rings. The third-order valence-electron chi connectivity index (χ3n) is 3.07. The number of benzene rings is 1. The van der Waals surface area contributed by atoms with Crippen molar-refractivity contribution in [2.75, 3.05) is 13.7 Å². The summed E-state index contributed by atoms with van der Waals surface area (Å²) in [6.07, 6.45) is -2.06. The molecule has 0 radical (unpaired) electrons. The van der Waals surface area contributed by atoms with Crippen LogP contribution in [0.15, 0.2) is 35.6 Å². The topological polar surface area (TPSA) is 124 Å². The van der Waals surface area contributed by atoms with Gasteiger partial charge in [-0.3, -0.25) is 4.84 Å². The predicted molar refractivity (Wildman–Crippen MR) is 84.0 cm³/mol. The molecule has 1 N–H and O–H groups in total. The second-order valence-corrected chi connectivity index (χ2v) is 4.93. The van der Waals surface area contributed by atoms with Crippen LogP contribution in [0.3, 0.4) is 0 Å². The third-order valence-corrected chi connectivity index (χ3v) is 3.07. The van der Waals surface area contributed by atoms with E-state index in [9.17, 15) is 19.9 Å². The molecule has 10 nitrogen and oxygen atoms in total. The van der Waals surface area contributed by atoms with E-state index in [2.05, 4.69) is 14.8 Å². The van der Waals surface area contributed by atoms with E-state index < -0.39 is 24.5 Å². The summed E-state index contributed by atoms with van der Waals surface area (Å²) in [6.45, 7) is 3.05. The van der Waals surface area contributed by atoms with Crippen molar-refractivity contribution < 1.29 is 34.0 Å². The Morgan fingerprint density at radius 2 is 2.00 bits per heavy atom. The molecular formula is C15H21N3O7. The summed E-state index contributed by atoms with van der Waals surface area (Å²) in [7, 11) is 1.26. The molecule has 1 aromatic carbocycles. The molecular weight excluding hydrogens is 334 g/mol. The molecule has 1 aromatic rings. The molecule has 10 heteroatoms. The van der Waals surface area contributed by atoms with Crippen molar-refractivity contribution in [2.45, 2.75) is 32.6 Å². The Morgan fingerprint density at radius 1 is 1.36 bits per heavy atom. The predicted octanol–water partition coefficient (Wildman–Crippen LogP) is 1.94. The van der Waals surface area contributed by atoms with E-state index in [0.29, 0.717) is 0 Å². The average Bonchev–Trinajstić information content (AvgIpc) is 2.57. The number of hydrogen-bond acceptors (Lipinski definition) is 7. The summed E-state index contributed by atoms with van der Waals surface area (Å²) >= 11 is 0. The maximum Gasteiger partial charge on any atom is 0.511 e. The fraction of sp³-hybridized carbons (Fsp3) is 0.467. The lowest BCUT2D eigenvalue weighted by molar-refractivity contribution is -0.712. The molecule has 0 saturated heterocycles. The van der Waals surface area contributed by atoms with Gasteiger partial charge < -0.3 is 19.8 Å². The first-order valence-electron chi connectivity index (χ1n) is 7.52. The van der Waals surface area contributed by atoms with Gasteiger partial charge in [-0.05, 0) is 12.5 Å². The maximum atomic E-state index is 11.9. The Morgan fingerprint density at radius 3 is 2.56 bits per heavy atom. The second kappa shape index (κ2) is 9.96. The Labute approximate surface area is 144 Å². The lowest BCUT2D eigenvalue weighted by Crippen LogP contribution is -2.44. The molecule has 0 aromatic heterocycles. The number of rotatable bonds is 9. The minimum Gasteiger partial charge on any atom is -0.569 e. The Hall–Kier alpha value is -3.04. The van der Waals surface area contributed by atoms with Gasteiger partial charge in [-0.25, -0.2) is 9.59 Å². The van der Waals surface area contributed by atoms with Crippen LogP contribution in [0.1, 0.15) is 19.4 Å². The van der Waals surface area contributed by atoms with Crippen LogP contribution in [0.2, 0.25) is 0 Å². The molecule has 2 atom stereocenters. The fourth-order valence-electron chi connectivity index (χ4n) is 1.81. The summed E-state index contributed by atoms with van der Waals surface area (Å²) in [4.78, 5) is 27.2. The average molecular weight is 355 g/mol. The number of hydrogen-bond donors (Lipinski definition) is 1. The highest BCUT2D eigenvalue weighted by Crippen LogP contribution is 2.09. The minimum atomic E-state index is -1.20. The molecule has 1 unspecified atom stereocenters. The first kappa shape index (κ1) is 20.0. The van der Waals surface area contributed by atoms with Crippen molar-refractivity contribution in [3.05, 3.63) is 41.1 Å². The van der Waals surface area contributed by atoms with Gasteiger partial charge in [-0.1, -0.05) is 30.3 Å². The number of ether oxygens (including phenoxy) is 2. The molecule has 0 heterocycles. The van der Waals surface area contributed by atoms with Crippen LogP contribution in [0, 0.1) is 5.21 Å². The SMILES string of the molecule is CCOC(=O)OC(C)O/N=[N+](\[O-])N(C)[C@@H](Cc1ccccc1)C(=O)O. The van der Waals surface area contributed by atoms with Crippen molar-refractivity contribution >= 4 is 12.1 Å². The number of likely N-dealkylation sites (N-methyl/N-ethyl adjacent to an activating group) is 1. The van der Waals surface area contributed by atoms with Crippen molar-refractivity contribution in [1.82, 2.24) is 5.01 Å².